The molecule has 0 aromatic carbocycles. The van der Waals surface area contributed by atoms with Gasteiger partial charge in [-0.15, -0.1) is 6.58 Å². The first-order chi connectivity index (χ1) is 7.00. The molecule has 0 fully saturated rings. The molecule has 2 heteroatoms. The summed E-state index contributed by atoms with van der Waals surface area (Å²) in [5.74, 6) is 0. The van der Waals surface area contributed by atoms with Gasteiger partial charge in [-0.2, -0.15) is 0 Å². The van der Waals surface area contributed by atoms with Crippen LogP contribution in [0.5, 0.6) is 0 Å². The minimum Gasteiger partial charge on any atom is -0.323 e. The smallest absolute Gasteiger partial charge is 0.0600 e. The summed E-state index contributed by atoms with van der Waals surface area (Å²) in [5, 5.41) is 0. The average Bonchev–Trinajstić information content (AvgIpc) is 2.14. The predicted octanol–water partition coefficient (Wildman–Crippen LogP) is 3.05. The molecule has 82 valence electrons. The Labute approximate surface area is 92.2 Å². The molecule has 0 radical (unpaired) electrons. The Morgan fingerprint density at radius 2 is 2.20 bits per heavy atom. The first-order valence-electron chi connectivity index (χ1n) is 5.34. The van der Waals surface area contributed by atoms with Crippen molar-refractivity contribution < 1.29 is 0 Å². The van der Waals surface area contributed by atoms with E-state index >= 15 is 0 Å². The van der Waals surface area contributed by atoms with Crippen molar-refractivity contribution in [1.29, 1.82) is 0 Å². The summed E-state index contributed by atoms with van der Waals surface area (Å²) >= 11 is 0. The van der Waals surface area contributed by atoms with E-state index in [0.29, 0.717) is 0 Å². The number of aryl methyl sites for hydroxylation is 2. The van der Waals surface area contributed by atoms with E-state index in [1.807, 2.05) is 20.0 Å². The lowest BCUT2D eigenvalue weighted by Gasteiger charge is -2.13. The van der Waals surface area contributed by atoms with Crippen molar-refractivity contribution in [2.45, 2.75) is 39.7 Å². The molecule has 0 aliphatic carbocycles. The van der Waals surface area contributed by atoms with Crippen LogP contribution in [0.15, 0.2) is 24.4 Å². The lowest BCUT2D eigenvalue weighted by Crippen LogP contribution is -2.13. The van der Waals surface area contributed by atoms with Crippen LogP contribution in [0.1, 0.15) is 42.6 Å². The highest BCUT2D eigenvalue weighted by molar-refractivity contribution is 5.25. The molecule has 1 atom stereocenters. The van der Waals surface area contributed by atoms with E-state index in [4.69, 9.17) is 5.73 Å². The Morgan fingerprint density at radius 1 is 1.53 bits per heavy atom. The quantitative estimate of drug-likeness (QED) is 0.765. The Kier molecular flexibility index (Phi) is 4.04. The van der Waals surface area contributed by atoms with Gasteiger partial charge in [0, 0.05) is 12.2 Å². The molecule has 0 saturated carbocycles. The standard InChI is InChI=1S/C13H20N2/c1-9(2)5-6-12(14)13-11(4)7-10(3)8-15-13/h7-8,12H,1,5-6,14H2,2-4H3. The second-order valence-corrected chi connectivity index (χ2v) is 4.32. The molecule has 1 aromatic rings. The molecule has 0 bridgehead atoms. The molecule has 1 heterocycles. The number of hydrogen-bond donors (Lipinski definition) is 1. The van der Waals surface area contributed by atoms with Crippen LogP contribution in [0.2, 0.25) is 0 Å². The molecule has 1 rings (SSSR count). The van der Waals surface area contributed by atoms with Gasteiger partial charge in [0.25, 0.3) is 0 Å². The van der Waals surface area contributed by atoms with Gasteiger partial charge in [-0.1, -0.05) is 11.6 Å². The second-order valence-electron chi connectivity index (χ2n) is 4.32. The summed E-state index contributed by atoms with van der Waals surface area (Å²) in [6.07, 6.45) is 3.77. The van der Waals surface area contributed by atoms with Crippen molar-refractivity contribution in [2.75, 3.05) is 0 Å². The summed E-state index contributed by atoms with van der Waals surface area (Å²) in [6, 6.07) is 2.16. The molecule has 1 unspecified atom stereocenters. The zero-order valence-electron chi connectivity index (χ0n) is 9.88. The van der Waals surface area contributed by atoms with Crippen LogP contribution in [-0.2, 0) is 0 Å². The Balaban J connectivity index is 2.73. The zero-order chi connectivity index (χ0) is 11.4. The maximum absolute atomic E-state index is 6.09. The summed E-state index contributed by atoms with van der Waals surface area (Å²) < 4.78 is 0. The van der Waals surface area contributed by atoms with E-state index in [-0.39, 0.29) is 6.04 Å². The van der Waals surface area contributed by atoms with Crippen molar-refractivity contribution in [3.63, 3.8) is 0 Å². The van der Waals surface area contributed by atoms with Gasteiger partial charge < -0.3 is 5.73 Å². The normalized spacial score (nSPS) is 12.5. The number of hydrogen-bond acceptors (Lipinski definition) is 2. The molecular formula is C13H20N2. The molecule has 0 aliphatic heterocycles. The van der Waals surface area contributed by atoms with Gasteiger partial charge in [-0.3, -0.25) is 4.98 Å². The van der Waals surface area contributed by atoms with Crippen molar-refractivity contribution >= 4 is 0 Å². The highest BCUT2D eigenvalue weighted by Crippen LogP contribution is 2.19. The molecule has 0 amide bonds. The van der Waals surface area contributed by atoms with Crippen molar-refractivity contribution in [3.05, 3.63) is 41.2 Å². The van der Waals surface area contributed by atoms with Gasteiger partial charge in [-0.25, -0.2) is 0 Å². The zero-order valence-corrected chi connectivity index (χ0v) is 9.88. The molecule has 15 heavy (non-hydrogen) atoms. The van der Waals surface area contributed by atoms with Crippen LogP contribution < -0.4 is 5.73 Å². The van der Waals surface area contributed by atoms with E-state index in [0.717, 1.165) is 18.5 Å². The predicted molar refractivity (Wildman–Crippen MR) is 64.7 cm³/mol. The number of aromatic nitrogens is 1. The average molecular weight is 204 g/mol. The Morgan fingerprint density at radius 3 is 2.73 bits per heavy atom. The highest BCUT2D eigenvalue weighted by Gasteiger charge is 2.10. The lowest BCUT2D eigenvalue weighted by atomic mass is 10.0. The molecule has 0 spiro atoms. The van der Waals surface area contributed by atoms with E-state index < -0.39 is 0 Å². The van der Waals surface area contributed by atoms with Crippen LogP contribution in [0, 0.1) is 13.8 Å². The number of rotatable bonds is 4. The Hall–Kier alpha value is -1.15. The van der Waals surface area contributed by atoms with Crippen molar-refractivity contribution in [1.82, 2.24) is 4.98 Å². The third-order valence-corrected chi connectivity index (χ3v) is 2.49. The van der Waals surface area contributed by atoms with Gasteiger partial charge >= 0.3 is 0 Å². The van der Waals surface area contributed by atoms with E-state index in [1.54, 1.807) is 0 Å². The maximum atomic E-state index is 6.09. The third kappa shape index (κ3) is 3.48. The number of allylic oxidation sites excluding steroid dienone is 1. The van der Waals surface area contributed by atoms with Crippen LogP contribution in [0.4, 0.5) is 0 Å². The van der Waals surface area contributed by atoms with Gasteiger partial charge in [0.2, 0.25) is 0 Å². The Bertz CT molecular complexity index is 356. The molecular weight excluding hydrogens is 184 g/mol. The molecule has 2 nitrogen and oxygen atoms in total. The fraction of sp³-hybridized carbons (Fsp3) is 0.462. The lowest BCUT2D eigenvalue weighted by molar-refractivity contribution is 0.627. The third-order valence-electron chi connectivity index (χ3n) is 2.49. The summed E-state index contributed by atoms with van der Waals surface area (Å²) in [5.41, 5.74) is 10.7. The summed E-state index contributed by atoms with van der Waals surface area (Å²) in [4.78, 5) is 4.40. The SMILES string of the molecule is C=C(C)CCC(N)c1ncc(C)cc1C. The van der Waals surface area contributed by atoms with Crippen molar-refractivity contribution in [3.8, 4) is 0 Å². The minimum absolute atomic E-state index is 0.0299. The monoisotopic (exact) mass is 204 g/mol. The van der Waals surface area contributed by atoms with Gasteiger partial charge in [0.1, 0.15) is 0 Å². The van der Waals surface area contributed by atoms with Crippen molar-refractivity contribution in [2.24, 2.45) is 5.73 Å². The first kappa shape index (κ1) is 11.9. The molecule has 2 N–H and O–H groups in total. The minimum atomic E-state index is 0.0299. The molecule has 1 aromatic heterocycles. The van der Waals surface area contributed by atoms with Crippen LogP contribution in [0.25, 0.3) is 0 Å². The number of nitrogens with zero attached hydrogens (tertiary/aromatic N) is 1. The second kappa shape index (κ2) is 5.08. The number of nitrogens with two attached hydrogens (primary N) is 1. The van der Waals surface area contributed by atoms with Gasteiger partial charge in [0.05, 0.1) is 5.69 Å². The fourth-order valence-electron chi connectivity index (χ4n) is 1.65. The molecule has 0 aliphatic rings. The molecule has 0 saturated heterocycles. The summed E-state index contributed by atoms with van der Waals surface area (Å²) in [7, 11) is 0. The van der Waals surface area contributed by atoms with E-state index in [2.05, 4.69) is 24.6 Å². The van der Waals surface area contributed by atoms with Crippen LogP contribution >= 0.6 is 0 Å². The van der Waals surface area contributed by atoms with E-state index in [9.17, 15) is 0 Å². The first-order valence-corrected chi connectivity index (χ1v) is 5.34. The maximum Gasteiger partial charge on any atom is 0.0600 e. The topological polar surface area (TPSA) is 38.9 Å². The van der Waals surface area contributed by atoms with E-state index in [1.165, 1.54) is 16.7 Å². The van der Waals surface area contributed by atoms with Crippen LogP contribution in [-0.4, -0.2) is 4.98 Å². The largest absolute Gasteiger partial charge is 0.323 e. The van der Waals surface area contributed by atoms with Crippen LogP contribution in [0.3, 0.4) is 0 Å². The van der Waals surface area contributed by atoms with Gasteiger partial charge in [0.15, 0.2) is 0 Å². The number of pyridine rings is 1. The van der Waals surface area contributed by atoms with Gasteiger partial charge in [-0.05, 0) is 44.7 Å². The highest BCUT2D eigenvalue weighted by atomic mass is 14.8. The summed E-state index contributed by atoms with van der Waals surface area (Å²) in [6.45, 7) is 10.0. The fourth-order valence-corrected chi connectivity index (χ4v) is 1.65.